The first kappa shape index (κ1) is 10.5. The summed E-state index contributed by atoms with van der Waals surface area (Å²) in [5.74, 6) is 0.973. The third-order valence-electron chi connectivity index (χ3n) is 3.30. The van der Waals surface area contributed by atoms with E-state index in [4.69, 9.17) is 0 Å². The number of anilines is 1. The molecule has 3 rings (SSSR count). The minimum absolute atomic E-state index is 0.491. The van der Waals surface area contributed by atoms with E-state index in [1.165, 1.54) is 0 Å². The summed E-state index contributed by atoms with van der Waals surface area (Å²) in [6.45, 7) is 5.19. The van der Waals surface area contributed by atoms with Crippen LogP contribution in [0.3, 0.4) is 0 Å². The van der Waals surface area contributed by atoms with E-state index in [0.717, 1.165) is 43.0 Å². The molecule has 2 aromatic rings. The molecule has 1 unspecified atom stereocenters. The highest BCUT2D eigenvalue weighted by Gasteiger charge is 2.24. The molecule has 1 saturated heterocycles. The van der Waals surface area contributed by atoms with Crippen molar-refractivity contribution in [3.63, 3.8) is 0 Å². The highest BCUT2D eigenvalue weighted by atomic mass is 15.3. The standard InChI is InChI=1S/C11H16N6/c1-2-8-5-12-3-4-17(8)11-9-10(14-6-13-9)15-7-16-11/h6-8,12H,2-5H2,1H3,(H,13,14,15,16). The maximum Gasteiger partial charge on any atom is 0.182 e. The lowest BCUT2D eigenvalue weighted by Crippen LogP contribution is -2.51. The number of H-pyrrole nitrogens is 1. The predicted octanol–water partition coefficient (Wildman–Crippen LogP) is 0.541. The molecule has 0 amide bonds. The Morgan fingerprint density at radius 3 is 3.24 bits per heavy atom. The molecule has 0 bridgehead atoms. The van der Waals surface area contributed by atoms with Crippen molar-refractivity contribution in [2.75, 3.05) is 24.5 Å². The molecule has 0 aliphatic carbocycles. The molecular formula is C11H16N6. The number of aromatic amines is 1. The van der Waals surface area contributed by atoms with Gasteiger partial charge in [-0.25, -0.2) is 15.0 Å². The Labute approximate surface area is 99.5 Å². The van der Waals surface area contributed by atoms with Crippen LogP contribution in [0.4, 0.5) is 5.82 Å². The van der Waals surface area contributed by atoms with Crippen LogP contribution in [-0.4, -0.2) is 45.6 Å². The lowest BCUT2D eigenvalue weighted by atomic mass is 10.1. The van der Waals surface area contributed by atoms with Gasteiger partial charge in [0.05, 0.1) is 6.33 Å². The number of imidazole rings is 1. The van der Waals surface area contributed by atoms with Crippen molar-refractivity contribution in [1.82, 2.24) is 25.3 Å². The molecule has 3 heterocycles. The van der Waals surface area contributed by atoms with Crippen LogP contribution in [0.15, 0.2) is 12.7 Å². The highest BCUT2D eigenvalue weighted by molar-refractivity contribution is 5.82. The second-order valence-electron chi connectivity index (χ2n) is 4.26. The monoisotopic (exact) mass is 232 g/mol. The minimum Gasteiger partial charge on any atom is -0.349 e. The van der Waals surface area contributed by atoms with Gasteiger partial charge in [0.25, 0.3) is 0 Å². The summed E-state index contributed by atoms with van der Waals surface area (Å²) in [5.41, 5.74) is 1.68. The largest absolute Gasteiger partial charge is 0.349 e. The van der Waals surface area contributed by atoms with Crippen molar-refractivity contribution in [3.8, 4) is 0 Å². The molecule has 1 fully saturated rings. The summed E-state index contributed by atoms with van der Waals surface area (Å²) >= 11 is 0. The number of rotatable bonds is 2. The number of nitrogens with zero attached hydrogens (tertiary/aromatic N) is 4. The van der Waals surface area contributed by atoms with E-state index in [2.05, 4.69) is 37.1 Å². The number of hydrogen-bond donors (Lipinski definition) is 2. The molecular weight excluding hydrogens is 216 g/mol. The average Bonchev–Trinajstić information content (AvgIpc) is 2.86. The normalized spacial score (nSPS) is 21.0. The molecule has 2 aromatic heterocycles. The Balaban J connectivity index is 2.04. The van der Waals surface area contributed by atoms with Gasteiger partial charge in [-0.3, -0.25) is 0 Å². The predicted molar refractivity (Wildman–Crippen MR) is 66.0 cm³/mol. The number of aromatic nitrogens is 4. The summed E-state index contributed by atoms with van der Waals surface area (Å²) in [6, 6.07) is 0.491. The average molecular weight is 232 g/mol. The summed E-state index contributed by atoms with van der Waals surface area (Å²) in [7, 11) is 0. The number of piperazine rings is 1. The summed E-state index contributed by atoms with van der Waals surface area (Å²) < 4.78 is 0. The van der Waals surface area contributed by atoms with Gasteiger partial charge < -0.3 is 15.2 Å². The fourth-order valence-electron chi connectivity index (χ4n) is 2.37. The molecule has 0 spiro atoms. The number of hydrogen-bond acceptors (Lipinski definition) is 5. The first-order chi connectivity index (χ1) is 8.40. The van der Waals surface area contributed by atoms with Crippen LogP contribution in [0.5, 0.6) is 0 Å². The molecule has 1 aliphatic heterocycles. The summed E-state index contributed by atoms with van der Waals surface area (Å²) in [6.07, 6.45) is 4.37. The van der Waals surface area contributed by atoms with E-state index in [9.17, 15) is 0 Å². The first-order valence-electron chi connectivity index (χ1n) is 6.01. The first-order valence-corrected chi connectivity index (χ1v) is 6.01. The molecule has 0 aromatic carbocycles. The van der Waals surface area contributed by atoms with Gasteiger partial charge in [-0.15, -0.1) is 0 Å². The Morgan fingerprint density at radius 2 is 2.35 bits per heavy atom. The van der Waals surface area contributed by atoms with Gasteiger partial charge in [-0.2, -0.15) is 0 Å². The maximum absolute atomic E-state index is 4.42. The molecule has 2 N–H and O–H groups in total. The molecule has 6 heteroatoms. The second kappa shape index (κ2) is 4.29. The third-order valence-corrected chi connectivity index (χ3v) is 3.30. The Bertz CT molecular complexity index is 507. The summed E-state index contributed by atoms with van der Waals surface area (Å²) in [5, 5.41) is 3.42. The van der Waals surface area contributed by atoms with Crippen molar-refractivity contribution in [2.24, 2.45) is 0 Å². The summed E-state index contributed by atoms with van der Waals surface area (Å²) in [4.78, 5) is 18.2. The third kappa shape index (κ3) is 1.74. The van der Waals surface area contributed by atoms with Gasteiger partial charge in [0, 0.05) is 25.7 Å². The molecule has 6 nitrogen and oxygen atoms in total. The van der Waals surface area contributed by atoms with Crippen molar-refractivity contribution in [2.45, 2.75) is 19.4 Å². The van der Waals surface area contributed by atoms with Crippen LogP contribution in [0, 0.1) is 0 Å². The van der Waals surface area contributed by atoms with E-state index in [-0.39, 0.29) is 0 Å². The van der Waals surface area contributed by atoms with E-state index in [1.54, 1.807) is 12.7 Å². The zero-order valence-corrected chi connectivity index (χ0v) is 9.85. The van der Waals surface area contributed by atoms with E-state index >= 15 is 0 Å². The highest BCUT2D eigenvalue weighted by Crippen LogP contribution is 2.23. The molecule has 1 aliphatic rings. The smallest absolute Gasteiger partial charge is 0.182 e. The van der Waals surface area contributed by atoms with Crippen LogP contribution in [0.25, 0.3) is 11.2 Å². The molecule has 90 valence electrons. The number of nitrogens with one attached hydrogen (secondary N) is 2. The van der Waals surface area contributed by atoms with Gasteiger partial charge >= 0.3 is 0 Å². The maximum atomic E-state index is 4.42. The van der Waals surface area contributed by atoms with Crippen molar-refractivity contribution in [3.05, 3.63) is 12.7 Å². The van der Waals surface area contributed by atoms with Gasteiger partial charge in [0.1, 0.15) is 11.8 Å². The van der Waals surface area contributed by atoms with E-state index < -0.39 is 0 Å². The number of fused-ring (bicyclic) bond motifs is 1. The molecule has 17 heavy (non-hydrogen) atoms. The van der Waals surface area contributed by atoms with Crippen LogP contribution in [0.1, 0.15) is 13.3 Å². The van der Waals surface area contributed by atoms with Crippen LogP contribution < -0.4 is 10.2 Å². The molecule has 1 atom stereocenters. The Hall–Kier alpha value is -1.69. The molecule has 0 radical (unpaired) electrons. The quantitative estimate of drug-likeness (QED) is 0.791. The lowest BCUT2D eigenvalue weighted by Gasteiger charge is -2.36. The Kier molecular flexibility index (Phi) is 2.64. The SMILES string of the molecule is CCC1CNCCN1c1ncnc2nc[nH]c12. The fraction of sp³-hybridized carbons (Fsp3) is 0.545. The van der Waals surface area contributed by atoms with Crippen molar-refractivity contribution in [1.29, 1.82) is 0 Å². The van der Waals surface area contributed by atoms with Gasteiger partial charge in [0.2, 0.25) is 0 Å². The second-order valence-corrected chi connectivity index (χ2v) is 4.26. The minimum atomic E-state index is 0.491. The van der Waals surface area contributed by atoms with Crippen LogP contribution >= 0.6 is 0 Å². The van der Waals surface area contributed by atoms with E-state index in [0.29, 0.717) is 6.04 Å². The van der Waals surface area contributed by atoms with Crippen molar-refractivity contribution >= 4 is 17.0 Å². The zero-order chi connectivity index (χ0) is 11.7. The van der Waals surface area contributed by atoms with Gasteiger partial charge in [0.15, 0.2) is 11.5 Å². The van der Waals surface area contributed by atoms with Crippen LogP contribution in [-0.2, 0) is 0 Å². The van der Waals surface area contributed by atoms with Crippen LogP contribution in [0.2, 0.25) is 0 Å². The lowest BCUT2D eigenvalue weighted by molar-refractivity contribution is 0.464. The van der Waals surface area contributed by atoms with Gasteiger partial charge in [-0.1, -0.05) is 6.92 Å². The van der Waals surface area contributed by atoms with E-state index in [1.807, 2.05) is 0 Å². The van der Waals surface area contributed by atoms with Crippen molar-refractivity contribution < 1.29 is 0 Å². The molecule has 0 saturated carbocycles. The Morgan fingerprint density at radius 1 is 1.41 bits per heavy atom. The zero-order valence-electron chi connectivity index (χ0n) is 9.85. The topological polar surface area (TPSA) is 69.7 Å². The van der Waals surface area contributed by atoms with Gasteiger partial charge in [-0.05, 0) is 6.42 Å². The fourth-order valence-corrected chi connectivity index (χ4v) is 2.37.